The van der Waals surface area contributed by atoms with E-state index in [0.29, 0.717) is 26.4 Å². The van der Waals surface area contributed by atoms with Gasteiger partial charge in [-0.2, -0.15) is 8.42 Å². The molecule has 8 heteroatoms. The van der Waals surface area contributed by atoms with E-state index in [1.165, 1.54) is 0 Å². The molecule has 4 nitrogen and oxygen atoms in total. The molecular formula is C16H15Cl3O4S. The van der Waals surface area contributed by atoms with Gasteiger partial charge in [0.05, 0.1) is 19.5 Å². The van der Waals surface area contributed by atoms with E-state index in [1.54, 1.807) is 42.5 Å². The summed E-state index contributed by atoms with van der Waals surface area (Å²) in [5.74, 6) is 0.217. The summed E-state index contributed by atoms with van der Waals surface area (Å²) in [5, 5.41) is 1.51. The van der Waals surface area contributed by atoms with Gasteiger partial charge in [0.25, 0.3) is 10.1 Å². The molecule has 0 N–H and O–H groups in total. The van der Waals surface area contributed by atoms with Gasteiger partial charge in [-0.05, 0) is 42.0 Å². The Morgan fingerprint density at radius 3 is 2.17 bits per heavy atom. The Bertz CT molecular complexity index is 791. The maximum Gasteiger partial charge on any atom is 0.264 e. The van der Waals surface area contributed by atoms with Crippen LogP contribution in [0.15, 0.2) is 42.5 Å². The molecule has 0 aliphatic carbocycles. The second-order valence-electron chi connectivity index (χ2n) is 5.12. The molecule has 130 valence electrons. The second-order valence-corrected chi connectivity index (χ2v) is 8.04. The third-order valence-electron chi connectivity index (χ3n) is 3.15. The first-order chi connectivity index (χ1) is 11.2. The van der Waals surface area contributed by atoms with Crippen LogP contribution in [0.5, 0.6) is 5.75 Å². The van der Waals surface area contributed by atoms with Gasteiger partial charge >= 0.3 is 0 Å². The zero-order chi connectivity index (χ0) is 17.7. The van der Waals surface area contributed by atoms with Crippen LogP contribution in [0.1, 0.15) is 11.5 Å². The summed E-state index contributed by atoms with van der Waals surface area (Å²) in [6.45, 7) is 0.0896. The Labute approximate surface area is 156 Å². The smallest absolute Gasteiger partial charge is 0.264 e. The molecule has 0 heterocycles. The summed E-state index contributed by atoms with van der Waals surface area (Å²) in [7, 11) is -3.58. The Kier molecular flexibility index (Phi) is 6.78. The van der Waals surface area contributed by atoms with Crippen molar-refractivity contribution in [1.29, 1.82) is 0 Å². The minimum Gasteiger partial charge on any atom is -0.493 e. The number of ether oxygens (including phenoxy) is 1. The van der Waals surface area contributed by atoms with E-state index in [0.717, 1.165) is 6.26 Å². The molecule has 0 amide bonds. The largest absolute Gasteiger partial charge is 0.493 e. The predicted octanol–water partition coefficient (Wildman–Crippen LogP) is 4.79. The molecule has 0 aliphatic rings. The molecule has 0 saturated heterocycles. The van der Waals surface area contributed by atoms with Crippen LogP contribution in [0.2, 0.25) is 15.1 Å². The average Bonchev–Trinajstić information content (AvgIpc) is 2.49. The van der Waals surface area contributed by atoms with Crippen molar-refractivity contribution >= 4 is 44.9 Å². The Morgan fingerprint density at radius 1 is 0.958 bits per heavy atom. The topological polar surface area (TPSA) is 52.6 Å². The predicted molar refractivity (Wildman–Crippen MR) is 96.9 cm³/mol. The van der Waals surface area contributed by atoms with Crippen LogP contribution < -0.4 is 4.74 Å². The van der Waals surface area contributed by atoms with Crippen molar-refractivity contribution in [2.45, 2.75) is 5.92 Å². The van der Waals surface area contributed by atoms with Gasteiger partial charge in [-0.3, -0.25) is 4.18 Å². The fraction of sp³-hybridized carbons (Fsp3) is 0.250. The quantitative estimate of drug-likeness (QED) is 0.617. The molecule has 0 unspecified atom stereocenters. The lowest BCUT2D eigenvalue weighted by atomic mass is 10.0. The first-order valence-electron chi connectivity index (χ1n) is 6.92. The van der Waals surface area contributed by atoms with Crippen molar-refractivity contribution in [3.05, 3.63) is 63.1 Å². The Balaban J connectivity index is 2.17. The van der Waals surface area contributed by atoms with Crippen molar-refractivity contribution in [3.63, 3.8) is 0 Å². The molecule has 2 rings (SSSR count). The standard InChI is InChI=1S/C16H15Cl3O4S/c1-24(20,21)23-10-11(15-7-4-13(18)8-16(15)19)9-22-14-5-2-12(17)3-6-14/h2-8,11H,9-10H2,1H3/t11-/m0/s1. The molecule has 0 aromatic heterocycles. The highest BCUT2D eigenvalue weighted by atomic mass is 35.5. The monoisotopic (exact) mass is 408 g/mol. The molecule has 2 aromatic carbocycles. The fourth-order valence-corrected chi connectivity index (χ4v) is 3.09. The van der Waals surface area contributed by atoms with Crippen LogP contribution >= 0.6 is 34.8 Å². The number of hydrogen-bond acceptors (Lipinski definition) is 4. The lowest BCUT2D eigenvalue weighted by Crippen LogP contribution is -2.19. The van der Waals surface area contributed by atoms with E-state index in [1.807, 2.05) is 0 Å². The third kappa shape index (κ3) is 6.15. The number of hydrogen-bond donors (Lipinski definition) is 0. The maximum absolute atomic E-state index is 11.3. The highest BCUT2D eigenvalue weighted by Gasteiger charge is 2.19. The first kappa shape index (κ1) is 19.3. The lowest BCUT2D eigenvalue weighted by Gasteiger charge is -2.19. The zero-order valence-corrected chi connectivity index (χ0v) is 15.8. The van der Waals surface area contributed by atoms with Crippen LogP contribution in [-0.2, 0) is 14.3 Å². The lowest BCUT2D eigenvalue weighted by molar-refractivity contribution is 0.223. The SMILES string of the molecule is CS(=O)(=O)OC[C@H](COc1ccc(Cl)cc1)c1ccc(Cl)cc1Cl. The molecule has 24 heavy (non-hydrogen) atoms. The van der Waals surface area contributed by atoms with Gasteiger partial charge in [0.15, 0.2) is 0 Å². The van der Waals surface area contributed by atoms with E-state index in [9.17, 15) is 8.42 Å². The van der Waals surface area contributed by atoms with Gasteiger partial charge in [0.1, 0.15) is 5.75 Å². The van der Waals surface area contributed by atoms with Crippen LogP contribution in [0.25, 0.3) is 0 Å². The summed E-state index contributed by atoms with van der Waals surface area (Å²) < 4.78 is 33.2. The maximum atomic E-state index is 11.3. The van der Waals surface area contributed by atoms with E-state index in [2.05, 4.69) is 0 Å². The van der Waals surface area contributed by atoms with Crippen LogP contribution in [0.3, 0.4) is 0 Å². The Morgan fingerprint density at radius 2 is 1.58 bits per heavy atom. The third-order valence-corrected chi connectivity index (χ3v) is 4.53. The van der Waals surface area contributed by atoms with Gasteiger partial charge in [-0.15, -0.1) is 0 Å². The van der Waals surface area contributed by atoms with Crippen LogP contribution in [0.4, 0.5) is 0 Å². The van der Waals surface area contributed by atoms with Crippen molar-refractivity contribution < 1.29 is 17.3 Å². The highest BCUT2D eigenvalue weighted by molar-refractivity contribution is 7.85. The highest BCUT2D eigenvalue weighted by Crippen LogP contribution is 2.29. The normalized spacial score (nSPS) is 12.8. The van der Waals surface area contributed by atoms with Crippen LogP contribution in [-0.4, -0.2) is 27.9 Å². The van der Waals surface area contributed by atoms with Crippen molar-refractivity contribution in [2.75, 3.05) is 19.5 Å². The molecule has 0 fully saturated rings. The van der Waals surface area contributed by atoms with E-state index in [-0.39, 0.29) is 19.1 Å². The van der Waals surface area contributed by atoms with Crippen molar-refractivity contribution in [3.8, 4) is 5.75 Å². The summed E-state index contributed by atoms with van der Waals surface area (Å²) in [5.41, 5.74) is 0.693. The zero-order valence-electron chi connectivity index (χ0n) is 12.7. The molecule has 2 aromatic rings. The van der Waals surface area contributed by atoms with Gasteiger partial charge in [0, 0.05) is 21.0 Å². The molecule has 0 radical (unpaired) electrons. The number of benzene rings is 2. The molecule has 0 aliphatic heterocycles. The number of rotatable bonds is 7. The number of halogens is 3. The second kappa shape index (κ2) is 8.41. The van der Waals surface area contributed by atoms with Crippen molar-refractivity contribution in [2.24, 2.45) is 0 Å². The summed E-state index contributed by atoms with van der Waals surface area (Å²) in [6, 6.07) is 11.8. The summed E-state index contributed by atoms with van der Waals surface area (Å²) in [4.78, 5) is 0. The van der Waals surface area contributed by atoms with Gasteiger partial charge < -0.3 is 4.74 Å². The van der Waals surface area contributed by atoms with Gasteiger partial charge in [0.2, 0.25) is 0 Å². The van der Waals surface area contributed by atoms with Gasteiger partial charge in [-0.1, -0.05) is 40.9 Å². The molecule has 1 atom stereocenters. The Hall–Kier alpha value is -0.980. The molecular weight excluding hydrogens is 395 g/mol. The molecule has 0 saturated carbocycles. The van der Waals surface area contributed by atoms with Gasteiger partial charge in [-0.25, -0.2) is 0 Å². The fourth-order valence-electron chi connectivity index (χ4n) is 1.99. The molecule has 0 bridgehead atoms. The van der Waals surface area contributed by atoms with Crippen LogP contribution in [0, 0.1) is 0 Å². The average molecular weight is 410 g/mol. The summed E-state index contributed by atoms with van der Waals surface area (Å²) >= 11 is 18.0. The van der Waals surface area contributed by atoms with E-state index >= 15 is 0 Å². The van der Waals surface area contributed by atoms with E-state index < -0.39 is 10.1 Å². The first-order valence-corrected chi connectivity index (χ1v) is 9.87. The molecule has 0 spiro atoms. The summed E-state index contributed by atoms with van der Waals surface area (Å²) in [6.07, 6.45) is 0.994. The minimum atomic E-state index is -3.58. The minimum absolute atomic E-state index is 0.0895. The van der Waals surface area contributed by atoms with Crippen molar-refractivity contribution in [1.82, 2.24) is 0 Å². The van der Waals surface area contributed by atoms with E-state index in [4.69, 9.17) is 43.7 Å².